The van der Waals surface area contributed by atoms with Gasteiger partial charge in [0.1, 0.15) is 11.2 Å². The maximum atomic E-state index is 13.3. The predicted octanol–water partition coefficient (Wildman–Crippen LogP) is 2.89. The molecule has 1 saturated carbocycles. The lowest BCUT2D eigenvalue weighted by molar-refractivity contribution is 0.355. The van der Waals surface area contributed by atoms with E-state index in [2.05, 4.69) is 16.9 Å². The van der Waals surface area contributed by atoms with Crippen LogP contribution in [0.15, 0.2) is 20.1 Å². The first-order chi connectivity index (χ1) is 10.5. The fraction of sp³-hybridized carbons (Fsp3) is 0.562. The van der Waals surface area contributed by atoms with E-state index in [9.17, 15) is 14.0 Å². The molecule has 3 unspecified atom stereocenters. The molecule has 2 aromatic rings. The number of H-pyrrole nitrogens is 1. The standard InChI is InChI=1S/C16H19FN2O3/c1-3-9-6-10(9)4-5-11-7-12(20)22-16-13(11)15(21)18-14(19-16)8(2)17/h7-10H,3-6H2,1-2H3,(H,18,19,21). The zero-order valence-electron chi connectivity index (χ0n) is 12.7. The lowest BCUT2D eigenvalue weighted by Crippen LogP contribution is -2.16. The molecule has 0 saturated heterocycles. The normalized spacial score (nSPS) is 22.0. The average molecular weight is 306 g/mol. The summed E-state index contributed by atoms with van der Waals surface area (Å²) in [6.07, 6.45) is 2.54. The Morgan fingerprint density at radius 1 is 1.45 bits per heavy atom. The second kappa shape index (κ2) is 5.66. The van der Waals surface area contributed by atoms with Crippen molar-refractivity contribution in [3.05, 3.63) is 38.2 Å². The Morgan fingerprint density at radius 3 is 2.86 bits per heavy atom. The summed E-state index contributed by atoms with van der Waals surface area (Å²) in [7, 11) is 0. The van der Waals surface area contributed by atoms with Crippen molar-refractivity contribution >= 4 is 11.1 Å². The molecule has 2 heterocycles. The minimum atomic E-state index is -1.43. The second-order valence-corrected chi connectivity index (χ2v) is 6.04. The highest BCUT2D eigenvalue weighted by Crippen LogP contribution is 2.44. The molecule has 1 aliphatic rings. The Hall–Kier alpha value is -1.98. The Morgan fingerprint density at radius 2 is 2.23 bits per heavy atom. The van der Waals surface area contributed by atoms with Crippen LogP contribution in [0, 0.1) is 11.8 Å². The number of nitrogens with zero attached hydrogens (tertiary/aromatic N) is 1. The van der Waals surface area contributed by atoms with Gasteiger partial charge in [-0.05, 0) is 43.6 Å². The number of aryl methyl sites for hydroxylation is 1. The van der Waals surface area contributed by atoms with Crippen molar-refractivity contribution in [1.29, 1.82) is 0 Å². The highest BCUT2D eigenvalue weighted by molar-refractivity contribution is 5.75. The number of hydrogen-bond acceptors (Lipinski definition) is 4. The fourth-order valence-corrected chi connectivity index (χ4v) is 3.06. The van der Waals surface area contributed by atoms with Gasteiger partial charge in [0.2, 0.25) is 5.71 Å². The summed E-state index contributed by atoms with van der Waals surface area (Å²) in [5, 5.41) is 0.262. The summed E-state index contributed by atoms with van der Waals surface area (Å²) >= 11 is 0. The number of nitrogens with one attached hydrogen (secondary N) is 1. The summed E-state index contributed by atoms with van der Waals surface area (Å²) in [4.78, 5) is 30.2. The predicted molar refractivity (Wildman–Crippen MR) is 80.6 cm³/mol. The van der Waals surface area contributed by atoms with E-state index in [0.717, 1.165) is 12.3 Å². The van der Waals surface area contributed by atoms with E-state index in [1.165, 1.54) is 25.8 Å². The molecule has 1 aliphatic carbocycles. The third-order valence-electron chi connectivity index (χ3n) is 4.47. The fourth-order valence-electron chi connectivity index (χ4n) is 3.06. The van der Waals surface area contributed by atoms with Gasteiger partial charge >= 0.3 is 5.63 Å². The van der Waals surface area contributed by atoms with E-state index in [4.69, 9.17) is 4.42 Å². The number of aromatic nitrogens is 2. The van der Waals surface area contributed by atoms with Gasteiger partial charge < -0.3 is 9.40 Å². The lowest BCUT2D eigenvalue weighted by atomic mass is 10.0. The Labute approximate surface area is 126 Å². The van der Waals surface area contributed by atoms with Crippen LogP contribution in [0.1, 0.15) is 50.7 Å². The maximum absolute atomic E-state index is 13.3. The molecule has 3 rings (SSSR count). The van der Waals surface area contributed by atoms with Crippen LogP contribution in [-0.2, 0) is 6.42 Å². The van der Waals surface area contributed by atoms with Crippen LogP contribution in [0.25, 0.3) is 11.1 Å². The zero-order chi connectivity index (χ0) is 15.9. The molecule has 6 heteroatoms. The van der Waals surface area contributed by atoms with E-state index in [-0.39, 0.29) is 16.9 Å². The van der Waals surface area contributed by atoms with Crippen LogP contribution in [0.5, 0.6) is 0 Å². The minimum Gasteiger partial charge on any atom is -0.403 e. The second-order valence-electron chi connectivity index (χ2n) is 6.04. The van der Waals surface area contributed by atoms with Crippen LogP contribution in [0.2, 0.25) is 0 Å². The van der Waals surface area contributed by atoms with E-state index in [1.807, 2.05) is 0 Å². The molecule has 0 aliphatic heterocycles. The molecule has 0 aromatic carbocycles. The van der Waals surface area contributed by atoms with Crippen LogP contribution >= 0.6 is 0 Å². The molecule has 0 spiro atoms. The van der Waals surface area contributed by atoms with E-state index in [0.29, 0.717) is 17.9 Å². The number of rotatable bonds is 5. The summed E-state index contributed by atoms with van der Waals surface area (Å²) in [5.41, 5.74) is -0.444. The van der Waals surface area contributed by atoms with Gasteiger partial charge in [0.15, 0.2) is 6.17 Å². The van der Waals surface area contributed by atoms with Crippen molar-refractivity contribution in [3.8, 4) is 0 Å². The molecule has 2 aromatic heterocycles. The largest absolute Gasteiger partial charge is 0.403 e. The molecule has 22 heavy (non-hydrogen) atoms. The Kier molecular flexibility index (Phi) is 3.85. The number of fused-ring (bicyclic) bond motifs is 1. The van der Waals surface area contributed by atoms with Crippen molar-refractivity contribution in [2.24, 2.45) is 11.8 Å². The molecule has 5 nitrogen and oxygen atoms in total. The number of alkyl halides is 1. The van der Waals surface area contributed by atoms with Gasteiger partial charge in [0, 0.05) is 6.07 Å². The smallest absolute Gasteiger partial charge is 0.337 e. The molecular formula is C16H19FN2O3. The lowest BCUT2D eigenvalue weighted by Gasteiger charge is -2.06. The van der Waals surface area contributed by atoms with E-state index >= 15 is 0 Å². The Bertz CT molecular complexity index is 809. The van der Waals surface area contributed by atoms with Gasteiger partial charge in [0.25, 0.3) is 5.56 Å². The molecule has 3 atom stereocenters. The van der Waals surface area contributed by atoms with Gasteiger partial charge in [-0.25, -0.2) is 9.18 Å². The van der Waals surface area contributed by atoms with Crippen LogP contribution in [0.3, 0.4) is 0 Å². The van der Waals surface area contributed by atoms with Crippen LogP contribution in [-0.4, -0.2) is 9.97 Å². The van der Waals surface area contributed by atoms with Crippen molar-refractivity contribution in [2.45, 2.75) is 45.7 Å². The first-order valence-electron chi connectivity index (χ1n) is 7.70. The van der Waals surface area contributed by atoms with Crippen LogP contribution < -0.4 is 11.2 Å². The van der Waals surface area contributed by atoms with E-state index in [1.54, 1.807) is 0 Å². The summed E-state index contributed by atoms with van der Waals surface area (Å²) in [5.74, 6) is 1.32. The highest BCUT2D eigenvalue weighted by atomic mass is 19.1. The van der Waals surface area contributed by atoms with Crippen LogP contribution in [0.4, 0.5) is 4.39 Å². The molecule has 0 radical (unpaired) electrons. The molecule has 118 valence electrons. The monoisotopic (exact) mass is 306 g/mol. The van der Waals surface area contributed by atoms with Crippen molar-refractivity contribution in [1.82, 2.24) is 9.97 Å². The van der Waals surface area contributed by atoms with Crippen molar-refractivity contribution in [2.75, 3.05) is 0 Å². The number of halogens is 1. The molecular weight excluding hydrogens is 287 g/mol. The van der Waals surface area contributed by atoms with Crippen molar-refractivity contribution in [3.63, 3.8) is 0 Å². The topological polar surface area (TPSA) is 76.0 Å². The summed E-state index contributed by atoms with van der Waals surface area (Å²) in [6, 6.07) is 1.35. The van der Waals surface area contributed by atoms with E-state index < -0.39 is 17.4 Å². The first kappa shape index (κ1) is 14.9. The highest BCUT2D eigenvalue weighted by Gasteiger charge is 2.34. The van der Waals surface area contributed by atoms with Gasteiger partial charge in [-0.15, -0.1) is 0 Å². The average Bonchev–Trinajstić information content (AvgIpc) is 3.22. The molecule has 0 bridgehead atoms. The third kappa shape index (κ3) is 2.82. The van der Waals surface area contributed by atoms with Gasteiger partial charge in [-0.3, -0.25) is 4.79 Å². The van der Waals surface area contributed by atoms with Crippen molar-refractivity contribution < 1.29 is 8.81 Å². The quantitative estimate of drug-likeness (QED) is 0.921. The molecule has 1 fully saturated rings. The molecule has 0 amide bonds. The third-order valence-corrected chi connectivity index (χ3v) is 4.47. The molecule has 1 N–H and O–H groups in total. The summed E-state index contributed by atoms with van der Waals surface area (Å²) < 4.78 is 18.3. The van der Waals surface area contributed by atoms with Gasteiger partial charge in [-0.1, -0.05) is 13.3 Å². The number of hydrogen-bond donors (Lipinski definition) is 1. The SMILES string of the molecule is CCC1CC1CCc1cc(=O)oc2nc(C(C)F)[nH]c(=O)c12. The maximum Gasteiger partial charge on any atom is 0.337 e. The minimum absolute atomic E-state index is 0.0754. The first-order valence-corrected chi connectivity index (χ1v) is 7.70. The summed E-state index contributed by atoms with van der Waals surface area (Å²) in [6.45, 7) is 3.44. The van der Waals surface area contributed by atoms with Gasteiger partial charge in [-0.2, -0.15) is 4.98 Å². The number of aromatic amines is 1. The van der Waals surface area contributed by atoms with Gasteiger partial charge in [0.05, 0.1) is 0 Å². The Balaban J connectivity index is 1.99. The zero-order valence-corrected chi connectivity index (χ0v) is 12.7.